The molecule has 0 saturated carbocycles. The zero-order valence-corrected chi connectivity index (χ0v) is 13.3. The third-order valence-electron chi connectivity index (χ3n) is 4.13. The number of β-amino-alcohol motifs (C(OH)–C–C–N with tert-alkyl or cyclic N) is 1. The molecule has 0 unspecified atom stereocenters. The van der Waals surface area contributed by atoms with E-state index in [1.807, 2.05) is 0 Å². The second kappa shape index (κ2) is 6.84. The van der Waals surface area contributed by atoms with Crippen molar-refractivity contribution in [2.45, 2.75) is 32.0 Å². The van der Waals surface area contributed by atoms with Crippen molar-refractivity contribution in [1.29, 1.82) is 0 Å². The van der Waals surface area contributed by atoms with Gasteiger partial charge in [0.2, 0.25) is 5.91 Å². The van der Waals surface area contributed by atoms with Gasteiger partial charge in [0.25, 0.3) is 5.91 Å². The Morgan fingerprint density at radius 3 is 2.62 bits per heavy atom. The SMILES string of the molecule is CCc1occ(C(F)(F)F)c1C(=O)N1C[C@@H](CC(=O)NC)[C@H](O)C1. The van der Waals surface area contributed by atoms with E-state index >= 15 is 0 Å². The van der Waals surface area contributed by atoms with Crippen LogP contribution in [0.4, 0.5) is 13.2 Å². The Kier molecular flexibility index (Phi) is 5.22. The standard InChI is InChI=1S/C15H19F3N2O4/c1-3-11-13(9(7-24-11)15(16,17)18)14(23)20-5-8(10(21)6-20)4-12(22)19-2/h7-8,10,21H,3-6H2,1-2H3,(H,19,22)/t8-,10-/m1/s1. The normalized spacial score (nSPS) is 21.2. The van der Waals surface area contributed by atoms with E-state index in [0.29, 0.717) is 6.26 Å². The quantitative estimate of drug-likeness (QED) is 0.862. The molecule has 1 saturated heterocycles. The summed E-state index contributed by atoms with van der Waals surface area (Å²) in [6.45, 7) is 1.48. The second-order valence-electron chi connectivity index (χ2n) is 5.71. The first-order chi connectivity index (χ1) is 11.2. The van der Waals surface area contributed by atoms with Crippen LogP contribution in [-0.4, -0.2) is 48.1 Å². The van der Waals surface area contributed by atoms with E-state index in [2.05, 4.69) is 5.32 Å². The minimum atomic E-state index is -4.71. The van der Waals surface area contributed by atoms with E-state index in [-0.39, 0.29) is 37.6 Å². The number of halogens is 3. The van der Waals surface area contributed by atoms with Crippen LogP contribution in [0.5, 0.6) is 0 Å². The van der Waals surface area contributed by atoms with Gasteiger partial charge in [-0.2, -0.15) is 13.2 Å². The molecule has 2 rings (SSSR count). The lowest BCUT2D eigenvalue weighted by atomic mass is 10.0. The molecule has 24 heavy (non-hydrogen) atoms. The Hall–Kier alpha value is -2.03. The second-order valence-corrected chi connectivity index (χ2v) is 5.71. The van der Waals surface area contributed by atoms with Crippen molar-refractivity contribution in [2.75, 3.05) is 20.1 Å². The number of rotatable bonds is 4. The van der Waals surface area contributed by atoms with E-state index in [9.17, 15) is 27.9 Å². The average Bonchev–Trinajstić information content (AvgIpc) is 3.10. The lowest BCUT2D eigenvalue weighted by Gasteiger charge is -2.17. The molecule has 0 aliphatic carbocycles. The van der Waals surface area contributed by atoms with E-state index in [0.717, 1.165) is 4.90 Å². The zero-order valence-electron chi connectivity index (χ0n) is 13.3. The molecule has 0 radical (unpaired) electrons. The number of carbonyl (C=O) groups is 2. The van der Waals surface area contributed by atoms with Crippen LogP contribution in [0.1, 0.15) is 35.0 Å². The van der Waals surface area contributed by atoms with Crippen LogP contribution >= 0.6 is 0 Å². The topological polar surface area (TPSA) is 82.8 Å². The van der Waals surface area contributed by atoms with Crippen LogP contribution in [0.3, 0.4) is 0 Å². The summed E-state index contributed by atoms with van der Waals surface area (Å²) in [5.41, 5.74) is -1.63. The zero-order chi connectivity index (χ0) is 18.1. The minimum Gasteiger partial charge on any atom is -0.468 e. The monoisotopic (exact) mass is 348 g/mol. The van der Waals surface area contributed by atoms with Gasteiger partial charge in [-0.15, -0.1) is 0 Å². The Morgan fingerprint density at radius 2 is 2.08 bits per heavy atom. The lowest BCUT2D eigenvalue weighted by Crippen LogP contribution is -2.31. The molecule has 0 aromatic carbocycles. The molecule has 1 fully saturated rings. The molecule has 2 atom stereocenters. The summed E-state index contributed by atoms with van der Waals surface area (Å²) in [5.74, 6) is -1.70. The number of likely N-dealkylation sites (tertiary alicyclic amines) is 1. The van der Waals surface area contributed by atoms with Crippen LogP contribution in [0.25, 0.3) is 0 Å². The predicted molar refractivity (Wildman–Crippen MR) is 77.2 cm³/mol. The number of hydrogen-bond donors (Lipinski definition) is 2. The maximum atomic E-state index is 13.1. The first kappa shape index (κ1) is 18.3. The molecule has 6 nitrogen and oxygen atoms in total. The molecule has 2 heterocycles. The number of aliphatic hydroxyl groups is 1. The Labute approximate surface area is 136 Å². The third kappa shape index (κ3) is 3.55. The Morgan fingerprint density at radius 1 is 1.42 bits per heavy atom. The van der Waals surface area contributed by atoms with Gasteiger partial charge in [-0.1, -0.05) is 6.92 Å². The van der Waals surface area contributed by atoms with Gasteiger partial charge < -0.3 is 19.7 Å². The Balaban J connectivity index is 2.24. The number of carbonyl (C=O) groups excluding carboxylic acids is 2. The van der Waals surface area contributed by atoms with Gasteiger partial charge >= 0.3 is 6.18 Å². The highest BCUT2D eigenvalue weighted by molar-refractivity contribution is 5.97. The molecular weight excluding hydrogens is 329 g/mol. The number of amides is 2. The van der Waals surface area contributed by atoms with Crippen LogP contribution in [0.15, 0.2) is 10.7 Å². The number of nitrogens with zero attached hydrogens (tertiary/aromatic N) is 1. The number of furan rings is 1. The average molecular weight is 348 g/mol. The lowest BCUT2D eigenvalue weighted by molar-refractivity contribution is -0.138. The minimum absolute atomic E-state index is 0.000400. The first-order valence-corrected chi connectivity index (χ1v) is 7.54. The van der Waals surface area contributed by atoms with Crippen molar-refractivity contribution in [1.82, 2.24) is 10.2 Å². The molecule has 2 N–H and O–H groups in total. The number of aryl methyl sites for hydroxylation is 1. The largest absolute Gasteiger partial charge is 0.468 e. The number of alkyl halides is 3. The van der Waals surface area contributed by atoms with E-state index in [4.69, 9.17) is 4.42 Å². The van der Waals surface area contributed by atoms with Crippen molar-refractivity contribution in [2.24, 2.45) is 5.92 Å². The maximum absolute atomic E-state index is 13.1. The van der Waals surface area contributed by atoms with Gasteiger partial charge in [0.1, 0.15) is 17.6 Å². The fourth-order valence-corrected chi connectivity index (χ4v) is 2.82. The molecule has 0 spiro atoms. The first-order valence-electron chi connectivity index (χ1n) is 7.54. The van der Waals surface area contributed by atoms with Gasteiger partial charge in [-0.05, 0) is 0 Å². The van der Waals surface area contributed by atoms with Gasteiger partial charge in [0.05, 0.1) is 11.7 Å². The fourth-order valence-electron chi connectivity index (χ4n) is 2.82. The van der Waals surface area contributed by atoms with Crippen molar-refractivity contribution < 1.29 is 32.3 Å². The molecule has 1 aliphatic rings. The molecule has 9 heteroatoms. The molecule has 1 aliphatic heterocycles. The van der Waals surface area contributed by atoms with Crippen LogP contribution in [-0.2, 0) is 17.4 Å². The smallest absolute Gasteiger partial charge is 0.420 e. The van der Waals surface area contributed by atoms with Gasteiger partial charge in [0.15, 0.2) is 0 Å². The van der Waals surface area contributed by atoms with E-state index in [1.165, 1.54) is 7.05 Å². The number of aliphatic hydroxyl groups excluding tert-OH is 1. The third-order valence-corrected chi connectivity index (χ3v) is 4.13. The molecule has 1 aromatic rings. The summed E-state index contributed by atoms with van der Waals surface area (Å²) < 4.78 is 44.1. The van der Waals surface area contributed by atoms with E-state index in [1.54, 1.807) is 6.92 Å². The molecular formula is C15H19F3N2O4. The predicted octanol–water partition coefficient (Wildman–Crippen LogP) is 1.43. The number of hydrogen-bond acceptors (Lipinski definition) is 4. The summed E-state index contributed by atoms with van der Waals surface area (Å²) in [6, 6.07) is 0. The fraction of sp³-hybridized carbons (Fsp3) is 0.600. The van der Waals surface area contributed by atoms with Gasteiger partial charge in [0, 0.05) is 38.9 Å². The van der Waals surface area contributed by atoms with Crippen molar-refractivity contribution >= 4 is 11.8 Å². The van der Waals surface area contributed by atoms with Gasteiger partial charge in [-0.3, -0.25) is 9.59 Å². The summed E-state index contributed by atoms with van der Waals surface area (Å²) in [7, 11) is 1.45. The highest BCUT2D eigenvalue weighted by atomic mass is 19.4. The summed E-state index contributed by atoms with van der Waals surface area (Å²) >= 11 is 0. The van der Waals surface area contributed by atoms with Crippen molar-refractivity contribution in [3.63, 3.8) is 0 Å². The summed E-state index contributed by atoms with van der Waals surface area (Å²) in [6.07, 6.45) is -4.99. The molecule has 134 valence electrons. The Bertz CT molecular complexity index is 627. The van der Waals surface area contributed by atoms with Crippen LogP contribution in [0.2, 0.25) is 0 Å². The van der Waals surface area contributed by atoms with Gasteiger partial charge in [-0.25, -0.2) is 0 Å². The highest BCUT2D eigenvalue weighted by Gasteiger charge is 2.42. The summed E-state index contributed by atoms with van der Waals surface area (Å²) in [5, 5.41) is 12.4. The van der Waals surface area contributed by atoms with E-state index < -0.39 is 35.2 Å². The van der Waals surface area contributed by atoms with Crippen LogP contribution < -0.4 is 5.32 Å². The van der Waals surface area contributed by atoms with Crippen molar-refractivity contribution in [3.8, 4) is 0 Å². The molecule has 2 amide bonds. The summed E-state index contributed by atoms with van der Waals surface area (Å²) in [4.78, 5) is 25.1. The van der Waals surface area contributed by atoms with Crippen LogP contribution in [0, 0.1) is 5.92 Å². The maximum Gasteiger partial charge on any atom is 0.420 e. The number of nitrogens with one attached hydrogen (secondary N) is 1. The molecule has 1 aromatic heterocycles. The van der Waals surface area contributed by atoms with Crippen molar-refractivity contribution in [3.05, 3.63) is 23.2 Å². The molecule has 0 bridgehead atoms. The highest BCUT2D eigenvalue weighted by Crippen LogP contribution is 2.36.